The van der Waals surface area contributed by atoms with Gasteiger partial charge in [-0.05, 0) is 12.1 Å². The molecule has 0 aliphatic rings. The van der Waals surface area contributed by atoms with E-state index in [2.05, 4.69) is 0 Å². The van der Waals surface area contributed by atoms with Crippen LogP contribution in [0.1, 0.15) is 10.4 Å². The number of primary amides is 1. The maximum atomic E-state index is 11.5. The van der Waals surface area contributed by atoms with Gasteiger partial charge in [0.15, 0.2) is 0 Å². The van der Waals surface area contributed by atoms with Crippen LogP contribution in [0.3, 0.4) is 0 Å². The molecular weight excluding hydrogens is 218 g/mol. The number of benzene rings is 1. The van der Waals surface area contributed by atoms with E-state index in [4.69, 9.17) is 10.8 Å². The highest BCUT2D eigenvalue weighted by molar-refractivity contribution is 7.85. The summed E-state index contributed by atoms with van der Waals surface area (Å²) in [4.78, 5) is 21.5. The lowest BCUT2D eigenvalue weighted by Gasteiger charge is -2.03. The van der Waals surface area contributed by atoms with E-state index in [1.807, 2.05) is 0 Å². The lowest BCUT2D eigenvalue weighted by molar-refractivity contribution is -0.133. The molecule has 1 unspecified atom stereocenters. The zero-order valence-corrected chi connectivity index (χ0v) is 8.49. The number of hydrogen-bond donors (Lipinski definition) is 2. The van der Waals surface area contributed by atoms with Crippen LogP contribution in [0.15, 0.2) is 29.2 Å². The quantitative estimate of drug-likeness (QED) is 0.755. The number of carboxylic acids is 1. The van der Waals surface area contributed by atoms with E-state index < -0.39 is 28.4 Å². The van der Waals surface area contributed by atoms with Crippen LogP contribution in [0.2, 0.25) is 0 Å². The first kappa shape index (κ1) is 11.4. The number of carbonyl (C=O) groups excluding carboxylic acids is 1. The van der Waals surface area contributed by atoms with Crippen molar-refractivity contribution in [1.82, 2.24) is 0 Å². The van der Waals surface area contributed by atoms with E-state index in [1.165, 1.54) is 12.1 Å². The first-order chi connectivity index (χ1) is 7.02. The molecule has 1 aromatic rings. The summed E-state index contributed by atoms with van der Waals surface area (Å²) in [6.07, 6.45) is 0. The number of carbonyl (C=O) groups is 2. The van der Waals surface area contributed by atoms with Crippen LogP contribution in [0.4, 0.5) is 0 Å². The maximum Gasteiger partial charge on any atom is 0.316 e. The predicted molar refractivity (Wildman–Crippen MR) is 53.9 cm³/mol. The van der Waals surface area contributed by atoms with Crippen LogP contribution in [0.25, 0.3) is 0 Å². The van der Waals surface area contributed by atoms with Gasteiger partial charge in [-0.25, -0.2) is 0 Å². The lowest BCUT2D eigenvalue weighted by atomic mass is 10.2. The van der Waals surface area contributed by atoms with E-state index in [-0.39, 0.29) is 10.5 Å². The second-order valence-electron chi connectivity index (χ2n) is 2.74. The predicted octanol–water partition coefficient (Wildman–Crippen LogP) is -0.0223. The van der Waals surface area contributed by atoms with Crippen molar-refractivity contribution in [2.45, 2.75) is 4.90 Å². The smallest absolute Gasteiger partial charge is 0.316 e. The molecule has 1 rings (SSSR count). The molecule has 3 N–H and O–H groups in total. The summed E-state index contributed by atoms with van der Waals surface area (Å²) in [7, 11) is -1.75. The van der Waals surface area contributed by atoms with Gasteiger partial charge in [-0.2, -0.15) is 0 Å². The number of rotatable bonds is 4. The summed E-state index contributed by atoms with van der Waals surface area (Å²) in [5, 5.41) is 8.47. The molecule has 0 heterocycles. The van der Waals surface area contributed by atoms with Gasteiger partial charge >= 0.3 is 5.97 Å². The van der Waals surface area contributed by atoms with Gasteiger partial charge in [0.25, 0.3) is 0 Å². The van der Waals surface area contributed by atoms with Crippen molar-refractivity contribution in [3.63, 3.8) is 0 Å². The molecule has 0 aliphatic heterocycles. The summed E-state index contributed by atoms with van der Waals surface area (Å²) in [5.41, 5.74) is 5.16. The third-order valence-corrected chi connectivity index (χ3v) is 3.01. The Labute approximate surface area is 88.4 Å². The monoisotopic (exact) mass is 227 g/mol. The first-order valence-electron chi connectivity index (χ1n) is 4.01. The fourth-order valence-electron chi connectivity index (χ4n) is 1.06. The standard InChI is InChI=1S/C9H9NO4S/c10-9(13)6-3-1-2-4-7(6)15(14)5-8(11)12/h1-4H,5H2,(H2,10,13)(H,11,12). The Balaban J connectivity index is 3.08. The summed E-state index contributed by atoms with van der Waals surface area (Å²) in [5.74, 6) is -2.44. The minimum Gasteiger partial charge on any atom is -0.481 e. The van der Waals surface area contributed by atoms with Gasteiger partial charge in [-0.15, -0.1) is 0 Å². The number of hydrogen-bond acceptors (Lipinski definition) is 3. The van der Waals surface area contributed by atoms with Crippen molar-refractivity contribution in [2.24, 2.45) is 5.73 Å². The fourth-order valence-corrected chi connectivity index (χ4v) is 2.08. The van der Waals surface area contributed by atoms with Crippen LogP contribution < -0.4 is 5.73 Å². The number of amides is 1. The number of aliphatic carboxylic acids is 1. The van der Waals surface area contributed by atoms with Crippen molar-refractivity contribution < 1.29 is 18.9 Å². The molecule has 1 aromatic carbocycles. The summed E-state index contributed by atoms with van der Waals surface area (Å²) in [6.45, 7) is 0. The Morgan fingerprint density at radius 1 is 1.33 bits per heavy atom. The molecule has 80 valence electrons. The van der Waals surface area contributed by atoms with E-state index in [1.54, 1.807) is 12.1 Å². The van der Waals surface area contributed by atoms with Gasteiger partial charge in [0.05, 0.1) is 21.3 Å². The molecule has 5 nitrogen and oxygen atoms in total. The highest BCUT2D eigenvalue weighted by Crippen LogP contribution is 2.12. The van der Waals surface area contributed by atoms with Crippen LogP contribution in [-0.2, 0) is 15.6 Å². The Morgan fingerprint density at radius 2 is 1.93 bits per heavy atom. The van der Waals surface area contributed by atoms with Crippen molar-refractivity contribution in [2.75, 3.05) is 5.75 Å². The Morgan fingerprint density at radius 3 is 2.47 bits per heavy atom. The van der Waals surface area contributed by atoms with E-state index in [9.17, 15) is 13.8 Å². The largest absolute Gasteiger partial charge is 0.481 e. The minimum absolute atomic E-state index is 0.0945. The van der Waals surface area contributed by atoms with Gasteiger partial charge in [0.2, 0.25) is 5.91 Å². The molecule has 0 aromatic heterocycles. The van der Waals surface area contributed by atoms with Crippen molar-refractivity contribution in [3.05, 3.63) is 29.8 Å². The first-order valence-corrected chi connectivity index (χ1v) is 5.33. The molecular formula is C9H9NO4S. The Hall–Kier alpha value is -1.69. The molecule has 0 radical (unpaired) electrons. The molecule has 0 aliphatic carbocycles. The second-order valence-corrected chi connectivity index (χ2v) is 4.16. The normalized spacial score (nSPS) is 12.0. The van der Waals surface area contributed by atoms with Gasteiger partial charge in [-0.3, -0.25) is 13.8 Å². The van der Waals surface area contributed by atoms with Gasteiger partial charge in [0.1, 0.15) is 5.75 Å². The zero-order valence-electron chi connectivity index (χ0n) is 7.67. The van der Waals surface area contributed by atoms with Gasteiger partial charge in [0, 0.05) is 0 Å². The molecule has 15 heavy (non-hydrogen) atoms. The number of carboxylic acid groups (broad SMARTS) is 1. The summed E-state index contributed by atoms with van der Waals surface area (Å²) < 4.78 is 11.5. The molecule has 0 fully saturated rings. The van der Waals surface area contributed by atoms with Crippen molar-refractivity contribution in [1.29, 1.82) is 0 Å². The van der Waals surface area contributed by atoms with Crippen LogP contribution >= 0.6 is 0 Å². The molecule has 6 heteroatoms. The van der Waals surface area contributed by atoms with Crippen LogP contribution in [-0.4, -0.2) is 26.9 Å². The minimum atomic E-state index is -1.75. The molecule has 0 saturated heterocycles. The summed E-state index contributed by atoms with van der Waals surface area (Å²) >= 11 is 0. The molecule has 0 saturated carbocycles. The summed E-state index contributed by atoms with van der Waals surface area (Å²) in [6, 6.07) is 5.99. The molecule has 1 atom stereocenters. The Kier molecular flexibility index (Phi) is 3.56. The molecule has 0 bridgehead atoms. The lowest BCUT2D eigenvalue weighted by Crippen LogP contribution is -2.17. The third kappa shape index (κ3) is 2.88. The van der Waals surface area contributed by atoms with Crippen LogP contribution in [0.5, 0.6) is 0 Å². The van der Waals surface area contributed by atoms with Gasteiger partial charge in [-0.1, -0.05) is 12.1 Å². The SMILES string of the molecule is NC(=O)c1ccccc1S(=O)CC(=O)O. The van der Waals surface area contributed by atoms with E-state index >= 15 is 0 Å². The topological polar surface area (TPSA) is 97.5 Å². The highest BCUT2D eigenvalue weighted by Gasteiger charge is 2.15. The molecule has 1 amide bonds. The molecule has 0 spiro atoms. The highest BCUT2D eigenvalue weighted by atomic mass is 32.2. The number of nitrogens with two attached hydrogens (primary N) is 1. The average Bonchev–Trinajstić information content (AvgIpc) is 2.16. The zero-order chi connectivity index (χ0) is 11.4. The van der Waals surface area contributed by atoms with Crippen LogP contribution in [0, 0.1) is 0 Å². The fraction of sp³-hybridized carbons (Fsp3) is 0.111. The van der Waals surface area contributed by atoms with Gasteiger partial charge < -0.3 is 10.8 Å². The van der Waals surface area contributed by atoms with Crippen molar-refractivity contribution >= 4 is 22.7 Å². The average molecular weight is 227 g/mol. The van der Waals surface area contributed by atoms with E-state index in [0.29, 0.717) is 0 Å². The second kappa shape index (κ2) is 4.70. The van der Waals surface area contributed by atoms with E-state index in [0.717, 1.165) is 0 Å². The maximum absolute atomic E-state index is 11.5. The Bertz CT molecular complexity index is 430. The third-order valence-electron chi connectivity index (χ3n) is 1.65. The van der Waals surface area contributed by atoms with Crippen molar-refractivity contribution in [3.8, 4) is 0 Å².